The number of carbonyl (C=O) groups excluding carboxylic acids is 3. The summed E-state index contributed by atoms with van der Waals surface area (Å²) in [7, 11) is 0. The molecular weight excluding hydrogens is 913 g/mol. The second kappa shape index (κ2) is 61.1. The van der Waals surface area contributed by atoms with Gasteiger partial charge in [-0.05, 0) is 109 Å². The minimum Gasteiger partial charge on any atom is -0.462 e. The maximum Gasteiger partial charge on any atom is 0.306 e. The minimum absolute atomic E-state index is 0.103. The van der Waals surface area contributed by atoms with Crippen LogP contribution in [-0.4, -0.2) is 37.2 Å². The third kappa shape index (κ3) is 58.4. The summed E-state index contributed by atoms with van der Waals surface area (Å²) in [6.07, 6.45) is 86.0. The SMILES string of the molecule is CC/C=C\C/C=C\C/C=C\C/C=C\C/C=C\C/C=C\C/C=C\C/C=C\C/C=C\CCCC(=O)OCC(COC(=O)CCCCCCCCCCCCCCC)OC(=O)CCCCCCC/C=C\C/C=C\CCCC. The summed E-state index contributed by atoms with van der Waals surface area (Å²) in [5, 5.41) is 0. The van der Waals surface area contributed by atoms with Crippen LogP contribution in [0.15, 0.2) is 134 Å². The number of carbonyl (C=O) groups is 3. The smallest absolute Gasteiger partial charge is 0.306 e. The van der Waals surface area contributed by atoms with E-state index in [2.05, 4.69) is 154 Å². The monoisotopic (exact) mass is 1020 g/mol. The van der Waals surface area contributed by atoms with Crippen molar-refractivity contribution in [1.82, 2.24) is 0 Å². The number of unbranched alkanes of at least 4 members (excludes halogenated alkanes) is 20. The van der Waals surface area contributed by atoms with E-state index in [0.717, 1.165) is 128 Å². The molecule has 0 fully saturated rings. The maximum atomic E-state index is 12.8. The molecule has 0 aromatic rings. The highest BCUT2D eigenvalue weighted by atomic mass is 16.6. The number of rotatable bonds is 53. The number of hydrogen-bond acceptors (Lipinski definition) is 6. The van der Waals surface area contributed by atoms with Crippen molar-refractivity contribution in [1.29, 1.82) is 0 Å². The summed E-state index contributed by atoms with van der Waals surface area (Å²) in [5.74, 6) is -0.981. The molecule has 0 spiro atoms. The topological polar surface area (TPSA) is 78.9 Å². The first-order valence-electron chi connectivity index (χ1n) is 30.2. The zero-order valence-corrected chi connectivity index (χ0v) is 47.8. The fraction of sp³-hybridized carbons (Fsp3) is 0.632. The maximum absolute atomic E-state index is 12.8. The largest absolute Gasteiger partial charge is 0.462 e. The highest BCUT2D eigenvalue weighted by Crippen LogP contribution is 2.15. The average molecular weight is 1020 g/mol. The van der Waals surface area contributed by atoms with Gasteiger partial charge in [-0.3, -0.25) is 14.4 Å². The molecule has 0 saturated heterocycles. The van der Waals surface area contributed by atoms with Crippen molar-refractivity contribution in [2.75, 3.05) is 13.2 Å². The molecule has 0 heterocycles. The third-order valence-electron chi connectivity index (χ3n) is 12.4. The molecule has 6 heteroatoms. The van der Waals surface area contributed by atoms with E-state index in [0.29, 0.717) is 19.3 Å². The van der Waals surface area contributed by atoms with E-state index in [1.54, 1.807) is 0 Å². The van der Waals surface area contributed by atoms with Crippen molar-refractivity contribution in [2.24, 2.45) is 0 Å². The lowest BCUT2D eigenvalue weighted by molar-refractivity contribution is -0.167. The second-order valence-corrected chi connectivity index (χ2v) is 19.5. The molecule has 0 aliphatic rings. The Balaban J connectivity index is 4.43. The molecular formula is C68H110O6. The van der Waals surface area contributed by atoms with Crippen LogP contribution in [0.25, 0.3) is 0 Å². The fourth-order valence-electron chi connectivity index (χ4n) is 7.87. The predicted octanol–water partition coefficient (Wildman–Crippen LogP) is 20.6. The van der Waals surface area contributed by atoms with Gasteiger partial charge < -0.3 is 14.2 Å². The summed E-state index contributed by atoms with van der Waals surface area (Å²) in [6, 6.07) is 0. The van der Waals surface area contributed by atoms with Gasteiger partial charge in [-0.25, -0.2) is 0 Å². The van der Waals surface area contributed by atoms with Crippen molar-refractivity contribution in [3.63, 3.8) is 0 Å². The van der Waals surface area contributed by atoms with Crippen LogP contribution in [0.2, 0.25) is 0 Å². The van der Waals surface area contributed by atoms with Gasteiger partial charge in [0.1, 0.15) is 13.2 Å². The van der Waals surface area contributed by atoms with Crippen LogP contribution in [0.4, 0.5) is 0 Å². The van der Waals surface area contributed by atoms with E-state index in [-0.39, 0.29) is 37.5 Å². The van der Waals surface area contributed by atoms with Crippen LogP contribution in [-0.2, 0) is 28.6 Å². The average Bonchev–Trinajstić information content (AvgIpc) is 3.40. The zero-order valence-electron chi connectivity index (χ0n) is 47.8. The van der Waals surface area contributed by atoms with Gasteiger partial charge in [0.05, 0.1) is 0 Å². The molecule has 74 heavy (non-hydrogen) atoms. The van der Waals surface area contributed by atoms with E-state index in [1.807, 2.05) is 0 Å². The summed E-state index contributed by atoms with van der Waals surface area (Å²) >= 11 is 0. The molecule has 0 N–H and O–H groups in total. The second-order valence-electron chi connectivity index (χ2n) is 19.5. The summed E-state index contributed by atoms with van der Waals surface area (Å²) < 4.78 is 16.8. The fourth-order valence-corrected chi connectivity index (χ4v) is 7.87. The van der Waals surface area contributed by atoms with Gasteiger partial charge in [-0.2, -0.15) is 0 Å². The molecule has 0 aliphatic heterocycles. The molecule has 418 valence electrons. The summed E-state index contributed by atoms with van der Waals surface area (Å²) in [5.41, 5.74) is 0. The van der Waals surface area contributed by atoms with Crippen LogP contribution in [0, 0.1) is 0 Å². The number of hydrogen-bond donors (Lipinski definition) is 0. The Hall–Kier alpha value is -4.45. The van der Waals surface area contributed by atoms with Gasteiger partial charge in [0, 0.05) is 19.3 Å². The van der Waals surface area contributed by atoms with E-state index in [4.69, 9.17) is 14.2 Å². The van der Waals surface area contributed by atoms with Crippen LogP contribution in [0.1, 0.15) is 258 Å². The Morgan fingerprint density at radius 2 is 0.554 bits per heavy atom. The highest BCUT2D eigenvalue weighted by Gasteiger charge is 2.19. The van der Waals surface area contributed by atoms with Gasteiger partial charge in [0.15, 0.2) is 6.10 Å². The van der Waals surface area contributed by atoms with Crippen molar-refractivity contribution in [3.8, 4) is 0 Å². The third-order valence-corrected chi connectivity index (χ3v) is 12.4. The van der Waals surface area contributed by atoms with Crippen molar-refractivity contribution in [2.45, 2.75) is 264 Å². The van der Waals surface area contributed by atoms with E-state index in [1.165, 1.54) is 83.5 Å². The molecule has 0 aromatic carbocycles. The van der Waals surface area contributed by atoms with Crippen molar-refractivity contribution < 1.29 is 28.6 Å². The molecule has 0 bridgehead atoms. The molecule has 0 radical (unpaired) electrons. The molecule has 0 rings (SSSR count). The quantitative estimate of drug-likeness (QED) is 0.0261. The minimum atomic E-state index is -0.812. The molecule has 0 aromatic heterocycles. The van der Waals surface area contributed by atoms with Gasteiger partial charge in [-0.15, -0.1) is 0 Å². The van der Waals surface area contributed by atoms with Gasteiger partial charge >= 0.3 is 17.9 Å². The van der Waals surface area contributed by atoms with E-state index < -0.39 is 6.10 Å². The zero-order chi connectivity index (χ0) is 53.6. The molecule has 1 atom stereocenters. The Kier molecular flexibility index (Phi) is 57.4. The molecule has 0 saturated carbocycles. The Labute approximate surface area is 455 Å². The number of allylic oxidation sites excluding steroid dienone is 22. The lowest BCUT2D eigenvalue weighted by Gasteiger charge is -2.18. The number of esters is 3. The standard InChI is InChI=1S/C68H110O6/c1-4-7-10-13-16-19-22-25-27-28-29-30-31-32-33-34-35-36-37-38-39-40-41-44-46-49-52-55-58-61-67(70)73-64-65(63-72-66(69)60-57-54-51-48-45-42-24-21-18-15-12-9-6-3)74-68(71)62-59-56-53-50-47-43-26-23-20-17-14-11-8-5-2/h7,10,14,16-17,19,23,25-27,29-30,32-33,35-36,38-39,41,44,49,52,65H,4-6,8-9,11-13,15,18,20-22,24,28,31,34,37,40,42-43,45-48,50-51,53-64H2,1-3H3/b10-7-,17-14-,19-16-,26-23-,27-25-,30-29-,33-32-,36-35-,39-38-,44-41-,52-49-. The normalized spacial score (nSPS) is 13.1. The molecule has 6 nitrogen and oxygen atoms in total. The Bertz CT molecular complexity index is 1600. The first kappa shape index (κ1) is 69.5. The van der Waals surface area contributed by atoms with E-state index >= 15 is 0 Å². The molecule has 1 unspecified atom stereocenters. The van der Waals surface area contributed by atoms with Gasteiger partial charge in [-0.1, -0.05) is 264 Å². The highest BCUT2D eigenvalue weighted by molar-refractivity contribution is 5.71. The van der Waals surface area contributed by atoms with Crippen molar-refractivity contribution >= 4 is 17.9 Å². The summed E-state index contributed by atoms with van der Waals surface area (Å²) in [4.78, 5) is 38.1. The van der Waals surface area contributed by atoms with Crippen LogP contribution < -0.4 is 0 Å². The lowest BCUT2D eigenvalue weighted by atomic mass is 10.0. The lowest BCUT2D eigenvalue weighted by Crippen LogP contribution is -2.30. The summed E-state index contributed by atoms with van der Waals surface area (Å²) in [6.45, 7) is 6.42. The van der Waals surface area contributed by atoms with Crippen LogP contribution >= 0.6 is 0 Å². The first-order valence-corrected chi connectivity index (χ1v) is 30.2. The van der Waals surface area contributed by atoms with Gasteiger partial charge in [0.2, 0.25) is 0 Å². The molecule has 0 amide bonds. The van der Waals surface area contributed by atoms with Gasteiger partial charge in [0.25, 0.3) is 0 Å². The van der Waals surface area contributed by atoms with Crippen LogP contribution in [0.3, 0.4) is 0 Å². The van der Waals surface area contributed by atoms with Crippen LogP contribution in [0.5, 0.6) is 0 Å². The molecule has 0 aliphatic carbocycles. The predicted molar refractivity (Wildman–Crippen MR) is 320 cm³/mol. The Morgan fingerprint density at radius 1 is 0.284 bits per heavy atom. The first-order chi connectivity index (χ1) is 36.5. The Morgan fingerprint density at radius 3 is 0.919 bits per heavy atom. The number of ether oxygens (including phenoxy) is 3. The van der Waals surface area contributed by atoms with Crippen molar-refractivity contribution in [3.05, 3.63) is 134 Å². The van der Waals surface area contributed by atoms with E-state index in [9.17, 15) is 14.4 Å².